The first-order chi connectivity index (χ1) is 14.6. The molecule has 0 aliphatic heterocycles. The van der Waals surface area contributed by atoms with E-state index in [1.807, 2.05) is 42.5 Å². The van der Waals surface area contributed by atoms with Crippen molar-refractivity contribution in [2.75, 3.05) is 4.72 Å². The average Bonchev–Trinajstić information content (AvgIpc) is 2.80. The molecule has 30 heavy (non-hydrogen) atoms. The average molecular weight is 410 g/mol. The van der Waals surface area contributed by atoms with Crippen molar-refractivity contribution in [2.24, 2.45) is 0 Å². The van der Waals surface area contributed by atoms with Crippen LogP contribution in [0.25, 0.3) is 11.1 Å². The van der Waals surface area contributed by atoms with Gasteiger partial charge in [0.15, 0.2) is 0 Å². The minimum atomic E-state index is -3.75. The molecule has 146 valence electrons. The summed E-state index contributed by atoms with van der Waals surface area (Å²) >= 11 is 0. The molecule has 0 fully saturated rings. The lowest BCUT2D eigenvalue weighted by atomic mass is 10.1. The molecule has 4 aromatic rings. The third-order valence-electron chi connectivity index (χ3n) is 4.45. The fourth-order valence-corrected chi connectivity index (χ4v) is 4.00. The van der Waals surface area contributed by atoms with Crippen LogP contribution in [0.2, 0.25) is 0 Å². The number of benzene rings is 3. The first-order valence-electron chi connectivity index (χ1n) is 9.31. The van der Waals surface area contributed by atoms with E-state index in [9.17, 15) is 8.42 Å². The predicted octanol–water partition coefficient (Wildman–Crippen LogP) is 4.95. The summed E-state index contributed by atoms with van der Waals surface area (Å²) in [4.78, 5) is 4.23. The van der Waals surface area contributed by atoms with Crippen molar-refractivity contribution in [3.05, 3.63) is 115 Å². The van der Waals surface area contributed by atoms with Crippen molar-refractivity contribution in [3.8, 4) is 23.0 Å². The van der Waals surface area contributed by atoms with Gasteiger partial charge in [-0.3, -0.25) is 9.71 Å². The molecular weight excluding hydrogens is 392 g/mol. The molecule has 1 N–H and O–H groups in total. The van der Waals surface area contributed by atoms with Gasteiger partial charge in [-0.15, -0.1) is 0 Å². The summed E-state index contributed by atoms with van der Waals surface area (Å²) in [7, 11) is -3.75. The Hall–Kier alpha value is -3.88. The van der Waals surface area contributed by atoms with E-state index in [1.165, 1.54) is 0 Å². The number of hydrogen-bond donors (Lipinski definition) is 1. The van der Waals surface area contributed by atoms with E-state index in [0.717, 1.165) is 16.7 Å². The predicted molar refractivity (Wildman–Crippen MR) is 119 cm³/mol. The van der Waals surface area contributed by atoms with Gasteiger partial charge in [0.2, 0.25) is 0 Å². The second-order valence-corrected chi connectivity index (χ2v) is 8.22. The smallest absolute Gasteiger partial charge is 0.261 e. The molecule has 0 unspecified atom stereocenters. The molecule has 4 nitrogen and oxygen atoms in total. The van der Waals surface area contributed by atoms with E-state index in [-0.39, 0.29) is 4.90 Å². The van der Waals surface area contributed by atoms with Crippen LogP contribution in [0.5, 0.6) is 0 Å². The van der Waals surface area contributed by atoms with Crippen molar-refractivity contribution >= 4 is 15.7 Å². The SMILES string of the molecule is O=S(=O)(Nc1ccccc1C#Cc1cccnc1)c1ccc(-c2ccccc2)cc1. The lowest BCUT2D eigenvalue weighted by Gasteiger charge is -2.10. The molecule has 1 aromatic heterocycles. The first kappa shape index (κ1) is 19.4. The molecular formula is C25H18N2O2S. The van der Waals surface area contributed by atoms with Gasteiger partial charge < -0.3 is 0 Å². The van der Waals surface area contributed by atoms with Crippen LogP contribution >= 0.6 is 0 Å². The molecule has 0 spiro atoms. The van der Waals surface area contributed by atoms with Gasteiger partial charge in [0, 0.05) is 23.5 Å². The lowest BCUT2D eigenvalue weighted by Crippen LogP contribution is -2.13. The molecule has 0 saturated carbocycles. The summed E-state index contributed by atoms with van der Waals surface area (Å²) in [6.07, 6.45) is 3.34. The fraction of sp³-hybridized carbons (Fsp3) is 0. The van der Waals surface area contributed by atoms with Crippen molar-refractivity contribution in [1.82, 2.24) is 4.98 Å². The number of rotatable bonds is 4. The second-order valence-electron chi connectivity index (χ2n) is 6.53. The van der Waals surface area contributed by atoms with Crippen molar-refractivity contribution in [3.63, 3.8) is 0 Å². The maximum absolute atomic E-state index is 12.9. The van der Waals surface area contributed by atoms with E-state index >= 15 is 0 Å². The molecule has 0 aliphatic carbocycles. The van der Waals surface area contributed by atoms with Crippen LogP contribution in [-0.2, 0) is 10.0 Å². The quantitative estimate of drug-likeness (QED) is 0.484. The van der Waals surface area contributed by atoms with Crippen molar-refractivity contribution in [2.45, 2.75) is 4.90 Å². The zero-order chi connectivity index (χ0) is 20.8. The van der Waals surface area contributed by atoms with Gasteiger partial charge in [0.05, 0.1) is 10.6 Å². The highest BCUT2D eigenvalue weighted by molar-refractivity contribution is 7.92. The molecule has 1 heterocycles. The Morgan fingerprint density at radius 1 is 0.700 bits per heavy atom. The molecule has 3 aromatic carbocycles. The van der Waals surface area contributed by atoms with Gasteiger partial charge in [-0.2, -0.15) is 0 Å². The van der Waals surface area contributed by atoms with Crippen LogP contribution in [-0.4, -0.2) is 13.4 Å². The minimum Gasteiger partial charge on any atom is -0.278 e. The third-order valence-corrected chi connectivity index (χ3v) is 5.83. The number of nitrogens with one attached hydrogen (secondary N) is 1. The van der Waals surface area contributed by atoms with Gasteiger partial charge in [0.25, 0.3) is 10.0 Å². The molecule has 0 radical (unpaired) electrons. The van der Waals surface area contributed by atoms with Gasteiger partial charge in [0.1, 0.15) is 0 Å². The van der Waals surface area contributed by atoms with Crippen molar-refractivity contribution in [1.29, 1.82) is 0 Å². The zero-order valence-electron chi connectivity index (χ0n) is 16.0. The Bertz CT molecular complexity index is 1310. The highest BCUT2D eigenvalue weighted by Gasteiger charge is 2.15. The van der Waals surface area contributed by atoms with Crippen LogP contribution in [0.3, 0.4) is 0 Å². The normalized spacial score (nSPS) is 10.7. The Labute approximate surface area is 176 Å². The molecule has 0 amide bonds. The number of anilines is 1. The lowest BCUT2D eigenvalue weighted by molar-refractivity contribution is 0.601. The maximum atomic E-state index is 12.9. The van der Waals surface area contributed by atoms with E-state index in [2.05, 4.69) is 21.5 Å². The Balaban J connectivity index is 1.59. The number of sulfonamides is 1. The molecule has 4 rings (SSSR count). The second kappa shape index (κ2) is 8.64. The Morgan fingerprint density at radius 3 is 2.13 bits per heavy atom. The summed E-state index contributed by atoms with van der Waals surface area (Å²) < 4.78 is 28.5. The summed E-state index contributed by atoms with van der Waals surface area (Å²) in [5.74, 6) is 6.02. The molecule has 0 aliphatic rings. The van der Waals surface area contributed by atoms with Crippen LogP contribution in [0.4, 0.5) is 5.69 Å². The summed E-state index contributed by atoms with van der Waals surface area (Å²) in [5.41, 5.74) is 3.77. The van der Waals surface area contributed by atoms with Crippen LogP contribution in [0.15, 0.2) is 108 Å². The fourth-order valence-electron chi connectivity index (χ4n) is 2.92. The standard InChI is InChI=1S/C25H18N2O2S/c28-30(29,24-16-14-22(15-17-24)21-8-2-1-3-9-21)27-25-11-5-4-10-23(25)13-12-20-7-6-18-26-19-20/h1-11,14-19,27H. The number of aromatic nitrogens is 1. The van der Waals surface area contributed by atoms with Crippen LogP contribution in [0.1, 0.15) is 11.1 Å². The number of pyridine rings is 1. The van der Waals surface area contributed by atoms with Gasteiger partial charge in [-0.25, -0.2) is 8.42 Å². The van der Waals surface area contributed by atoms with E-state index < -0.39 is 10.0 Å². The topological polar surface area (TPSA) is 59.1 Å². The van der Waals surface area contributed by atoms with E-state index in [1.54, 1.807) is 60.9 Å². The largest absolute Gasteiger partial charge is 0.278 e. The van der Waals surface area contributed by atoms with Gasteiger partial charge in [-0.05, 0) is 47.5 Å². The summed E-state index contributed by atoms with van der Waals surface area (Å²) in [6, 6.07) is 27.3. The zero-order valence-corrected chi connectivity index (χ0v) is 16.8. The van der Waals surface area contributed by atoms with Gasteiger partial charge in [-0.1, -0.05) is 66.4 Å². The van der Waals surface area contributed by atoms with Crippen molar-refractivity contribution < 1.29 is 8.42 Å². The van der Waals surface area contributed by atoms with Crippen LogP contribution in [0, 0.1) is 11.8 Å². The van der Waals surface area contributed by atoms with E-state index in [0.29, 0.717) is 11.3 Å². The van der Waals surface area contributed by atoms with Gasteiger partial charge >= 0.3 is 0 Å². The molecule has 0 bridgehead atoms. The summed E-state index contributed by atoms with van der Waals surface area (Å²) in [6.45, 7) is 0. The summed E-state index contributed by atoms with van der Waals surface area (Å²) in [5, 5.41) is 0. The third kappa shape index (κ3) is 4.57. The van der Waals surface area contributed by atoms with Crippen LogP contribution < -0.4 is 4.72 Å². The Morgan fingerprint density at radius 2 is 1.40 bits per heavy atom. The maximum Gasteiger partial charge on any atom is 0.261 e. The number of para-hydroxylation sites is 1. The molecule has 0 saturated heterocycles. The molecule has 5 heteroatoms. The molecule has 0 atom stereocenters. The highest BCUT2D eigenvalue weighted by atomic mass is 32.2. The Kier molecular flexibility index (Phi) is 5.60. The first-order valence-corrected chi connectivity index (χ1v) is 10.8. The number of nitrogens with zero attached hydrogens (tertiary/aromatic N) is 1. The number of hydrogen-bond acceptors (Lipinski definition) is 3. The monoisotopic (exact) mass is 410 g/mol. The highest BCUT2D eigenvalue weighted by Crippen LogP contribution is 2.23. The minimum absolute atomic E-state index is 0.192. The van der Waals surface area contributed by atoms with E-state index in [4.69, 9.17) is 0 Å².